The lowest BCUT2D eigenvalue weighted by atomic mass is 10.1. The van der Waals surface area contributed by atoms with Crippen LogP contribution in [0.15, 0.2) is 86.9 Å². The Morgan fingerprint density at radius 2 is 1.69 bits per heavy atom. The van der Waals surface area contributed by atoms with E-state index < -0.39 is 11.1 Å². The van der Waals surface area contributed by atoms with Crippen LogP contribution in [0, 0.1) is 0 Å². The number of rotatable bonds is 3. The fourth-order valence-corrected chi connectivity index (χ4v) is 5.77. The summed E-state index contributed by atoms with van der Waals surface area (Å²) < 4.78 is 2.03. The van der Waals surface area contributed by atoms with Crippen LogP contribution in [0.25, 0.3) is 21.8 Å². The minimum atomic E-state index is -0.541. The van der Waals surface area contributed by atoms with Gasteiger partial charge in [-0.2, -0.15) is 14.6 Å². The number of thiazole rings is 1. The van der Waals surface area contributed by atoms with Crippen LogP contribution >= 0.6 is 38.9 Å². The van der Waals surface area contributed by atoms with E-state index in [0.717, 1.165) is 25.9 Å². The van der Waals surface area contributed by atoms with E-state index in [4.69, 9.17) is 11.6 Å². The molecule has 0 saturated carbocycles. The van der Waals surface area contributed by atoms with Crippen LogP contribution in [0.4, 0.5) is 5.69 Å². The fraction of sp³-hybridized carbons (Fsp3) is 0.0385. The minimum Gasteiger partial charge on any atom is -0.303 e. The lowest BCUT2D eigenvalue weighted by Gasteiger charge is -2.18. The zero-order valence-electron chi connectivity index (χ0n) is 18.3. The van der Waals surface area contributed by atoms with Crippen molar-refractivity contribution in [3.63, 3.8) is 0 Å². The minimum absolute atomic E-state index is 0.0702. The molecule has 0 atom stereocenters. The summed E-state index contributed by atoms with van der Waals surface area (Å²) in [6, 6.07) is 21.6. The number of aromatic nitrogens is 3. The Labute approximate surface area is 221 Å². The average molecular weight is 578 g/mol. The number of carbonyl (C=O) groups is 1. The summed E-state index contributed by atoms with van der Waals surface area (Å²) >= 11 is 10.8. The molecule has 7 nitrogen and oxygen atoms in total. The van der Waals surface area contributed by atoms with E-state index in [1.54, 1.807) is 41.3 Å². The van der Waals surface area contributed by atoms with Gasteiger partial charge in [-0.1, -0.05) is 87.4 Å². The van der Waals surface area contributed by atoms with Crippen molar-refractivity contribution in [3.05, 3.63) is 119 Å². The number of benzene rings is 3. The Morgan fingerprint density at radius 3 is 2.47 bits per heavy atom. The third kappa shape index (κ3) is 3.67. The summed E-state index contributed by atoms with van der Waals surface area (Å²) in [6.07, 6.45) is 0. The van der Waals surface area contributed by atoms with Crippen LogP contribution in [0.5, 0.6) is 0 Å². The van der Waals surface area contributed by atoms with Gasteiger partial charge in [-0.05, 0) is 29.8 Å². The van der Waals surface area contributed by atoms with Gasteiger partial charge in [-0.15, -0.1) is 0 Å². The molecule has 0 fully saturated rings. The molecular weight excluding hydrogens is 564 g/mol. The predicted molar refractivity (Wildman–Crippen MR) is 143 cm³/mol. The Kier molecular flexibility index (Phi) is 5.55. The molecule has 1 aliphatic heterocycles. The van der Waals surface area contributed by atoms with Crippen LogP contribution in [0.1, 0.15) is 11.1 Å². The van der Waals surface area contributed by atoms with Crippen LogP contribution in [-0.4, -0.2) is 20.5 Å². The number of hydrogen-bond acceptors (Lipinski definition) is 6. The van der Waals surface area contributed by atoms with Crippen LogP contribution in [-0.2, 0) is 11.3 Å². The Balaban J connectivity index is 1.59. The highest BCUT2D eigenvalue weighted by Crippen LogP contribution is 2.38. The topological polar surface area (TPSA) is 84.6 Å². The highest BCUT2D eigenvalue weighted by molar-refractivity contribution is 9.10. The first-order valence-electron chi connectivity index (χ1n) is 10.8. The Bertz CT molecular complexity index is 1870. The predicted octanol–water partition coefficient (Wildman–Crippen LogP) is 4.06. The van der Waals surface area contributed by atoms with Gasteiger partial charge in [0.15, 0.2) is 5.69 Å². The van der Waals surface area contributed by atoms with E-state index in [0.29, 0.717) is 21.8 Å². The quantitative estimate of drug-likeness (QED) is 0.323. The van der Waals surface area contributed by atoms with Gasteiger partial charge in [0.05, 0.1) is 17.8 Å². The number of nitrogens with zero attached hydrogens (tertiary/aromatic N) is 4. The van der Waals surface area contributed by atoms with Gasteiger partial charge in [0.1, 0.15) is 4.53 Å². The second kappa shape index (κ2) is 8.77. The molecule has 3 aromatic carbocycles. The highest BCUT2D eigenvalue weighted by Gasteiger charge is 2.35. The first kappa shape index (κ1) is 22.8. The van der Waals surface area contributed by atoms with Gasteiger partial charge < -0.3 is 4.90 Å². The van der Waals surface area contributed by atoms with Gasteiger partial charge >= 0.3 is 5.56 Å². The molecule has 3 heterocycles. The first-order chi connectivity index (χ1) is 17.4. The van der Waals surface area contributed by atoms with E-state index in [1.165, 1.54) is 0 Å². The van der Waals surface area contributed by atoms with Gasteiger partial charge in [0, 0.05) is 20.6 Å². The van der Waals surface area contributed by atoms with Crippen molar-refractivity contribution in [2.75, 3.05) is 4.90 Å². The lowest BCUT2D eigenvalue weighted by molar-refractivity contribution is -0.113. The molecule has 0 spiro atoms. The summed E-state index contributed by atoms with van der Waals surface area (Å²) in [5, 5.41) is 4.85. The Morgan fingerprint density at radius 1 is 0.944 bits per heavy atom. The van der Waals surface area contributed by atoms with Crippen molar-refractivity contribution in [3.8, 4) is 11.3 Å². The van der Waals surface area contributed by atoms with Crippen molar-refractivity contribution < 1.29 is 4.79 Å². The largest absolute Gasteiger partial charge is 0.303 e. The smallest absolute Gasteiger partial charge is 0.300 e. The molecule has 0 bridgehead atoms. The third-order valence-electron chi connectivity index (χ3n) is 5.90. The highest BCUT2D eigenvalue weighted by atomic mass is 79.9. The standard InChI is InChI=1S/C26H14BrClN4O3S/c27-16-10-11-19-17(12-16)20(24(34)31(19)13-15-8-4-5-9-18(15)28)22-25(35)32-26(36-22)29-23(33)21(30-32)14-6-2-1-3-7-14/h1-12H,13H2. The Hall–Kier alpha value is -3.66. The van der Waals surface area contributed by atoms with Crippen molar-refractivity contribution in [1.29, 1.82) is 0 Å². The SMILES string of the molecule is O=C1C(=c2sc3nc(=O)c(-c4ccccc4)nn3c2=O)c2cc(Br)ccc2N1Cc1ccccc1Cl. The molecule has 10 heteroatoms. The molecule has 1 amide bonds. The molecule has 6 rings (SSSR count). The lowest BCUT2D eigenvalue weighted by Crippen LogP contribution is -2.33. The van der Waals surface area contributed by atoms with E-state index >= 15 is 0 Å². The van der Waals surface area contributed by atoms with Gasteiger partial charge in [0.25, 0.3) is 11.5 Å². The molecule has 176 valence electrons. The molecule has 0 unspecified atom stereocenters. The zero-order chi connectivity index (χ0) is 25.0. The van der Waals surface area contributed by atoms with Crippen molar-refractivity contribution in [2.24, 2.45) is 0 Å². The summed E-state index contributed by atoms with van der Waals surface area (Å²) in [6.45, 7) is 0.238. The van der Waals surface area contributed by atoms with E-state index in [-0.39, 0.29) is 33.2 Å². The summed E-state index contributed by atoms with van der Waals surface area (Å²) in [5.41, 5.74) is 1.87. The summed E-state index contributed by atoms with van der Waals surface area (Å²) in [7, 11) is 0. The van der Waals surface area contributed by atoms with Gasteiger partial charge in [-0.3, -0.25) is 14.4 Å². The van der Waals surface area contributed by atoms with Crippen molar-refractivity contribution in [1.82, 2.24) is 14.6 Å². The van der Waals surface area contributed by atoms with Gasteiger partial charge in [0.2, 0.25) is 4.96 Å². The third-order valence-corrected chi connectivity index (χ3v) is 7.79. The molecule has 36 heavy (non-hydrogen) atoms. The number of amides is 1. The molecule has 0 N–H and O–H groups in total. The van der Waals surface area contributed by atoms with Crippen LogP contribution < -0.4 is 20.6 Å². The maximum Gasteiger partial charge on any atom is 0.300 e. The zero-order valence-corrected chi connectivity index (χ0v) is 21.5. The molecule has 5 aromatic rings. The number of fused-ring (bicyclic) bond motifs is 2. The molecule has 0 aliphatic carbocycles. The number of hydrogen-bond donors (Lipinski definition) is 0. The van der Waals surface area contributed by atoms with E-state index in [2.05, 4.69) is 26.0 Å². The van der Waals surface area contributed by atoms with Crippen LogP contribution in [0.2, 0.25) is 5.02 Å². The second-order valence-electron chi connectivity index (χ2n) is 8.08. The van der Waals surface area contributed by atoms with Gasteiger partial charge in [-0.25, -0.2) is 0 Å². The van der Waals surface area contributed by atoms with E-state index in [1.807, 2.05) is 36.4 Å². The molecule has 0 saturated heterocycles. The second-order valence-corrected chi connectivity index (χ2v) is 10.4. The summed E-state index contributed by atoms with van der Waals surface area (Å²) in [4.78, 5) is 45.8. The van der Waals surface area contributed by atoms with Crippen molar-refractivity contribution in [2.45, 2.75) is 6.54 Å². The number of carbonyl (C=O) groups excluding carboxylic acids is 1. The van der Waals surface area contributed by atoms with Crippen molar-refractivity contribution >= 4 is 61.0 Å². The molecule has 2 aromatic heterocycles. The number of anilines is 1. The summed E-state index contributed by atoms with van der Waals surface area (Å²) in [5.74, 6) is -0.335. The average Bonchev–Trinajstić information content (AvgIpc) is 3.32. The fourth-order valence-electron chi connectivity index (χ4n) is 4.21. The molecule has 0 radical (unpaired) electrons. The normalized spacial score (nSPS) is 14.5. The maximum atomic E-state index is 13.8. The first-order valence-corrected chi connectivity index (χ1v) is 12.8. The molecule has 1 aliphatic rings. The van der Waals surface area contributed by atoms with E-state index in [9.17, 15) is 14.4 Å². The number of halogens is 2. The maximum absolute atomic E-state index is 13.8. The van der Waals surface area contributed by atoms with Crippen LogP contribution in [0.3, 0.4) is 0 Å². The monoisotopic (exact) mass is 576 g/mol. The molecular formula is C26H14BrClN4O3S.